The van der Waals surface area contributed by atoms with Crippen molar-refractivity contribution in [2.45, 2.75) is 38.3 Å². The summed E-state index contributed by atoms with van der Waals surface area (Å²) in [5.41, 5.74) is 4.18. The van der Waals surface area contributed by atoms with E-state index < -0.39 is 0 Å². The van der Waals surface area contributed by atoms with Crippen molar-refractivity contribution in [2.24, 2.45) is 0 Å². The molecule has 0 radical (unpaired) electrons. The molecule has 1 saturated heterocycles. The minimum atomic E-state index is 0.226. The molecule has 142 valence electrons. The highest BCUT2D eigenvalue weighted by Crippen LogP contribution is 2.32. The standard InChI is InChI=1S/C20H24BrN5O/c21-19-13-24-20-18(23-12-15-4-3-7-22-11-15)10-17(14-26(19)20)25-8-2-1-5-16(25)6-9-27/h3-4,7,10-11,13-14,16,23,27H,1-2,5-6,8-9,12H2. The minimum Gasteiger partial charge on any atom is -0.396 e. The maximum atomic E-state index is 9.46. The summed E-state index contributed by atoms with van der Waals surface area (Å²) in [6.45, 7) is 1.94. The molecule has 0 aliphatic carbocycles. The van der Waals surface area contributed by atoms with Gasteiger partial charge in [0.25, 0.3) is 0 Å². The number of nitrogens with zero attached hydrogens (tertiary/aromatic N) is 4. The summed E-state index contributed by atoms with van der Waals surface area (Å²) in [4.78, 5) is 11.2. The van der Waals surface area contributed by atoms with Gasteiger partial charge in [0.05, 0.1) is 17.6 Å². The second-order valence-corrected chi connectivity index (χ2v) is 7.77. The van der Waals surface area contributed by atoms with E-state index in [1.54, 1.807) is 6.20 Å². The number of aromatic nitrogens is 3. The normalized spacial score (nSPS) is 17.4. The second kappa shape index (κ2) is 8.27. The highest BCUT2D eigenvalue weighted by Gasteiger charge is 2.23. The van der Waals surface area contributed by atoms with E-state index in [0.29, 0.717) is 12.6 Å². The van der Waals surface area contributed by atoms with Crippen LogP contribution in [-0.4, -0.2) is 38.7 Å². The number of piperidine rings is 1. The van der Waals surface area contributed by atoms with Crippen molar-refractivity contribution in [1.29, 1.82) is 0 Å². The van der Waals surface area contributed by atoms with E-state index in [-0.39, 0.29) is 6.61 Å². The average molecular weight is 430 g/mol. The summed E-state index contributed by atoms with van der Waals surface area (Å²) in [7, 11) is 0. The van der Waals surface area contributed by atoms with E-state index >= 15 is 0 Å². The smallest absolute Gasteiger partial charge is 0.161 e. The maximum absolute atomic E-state index is 9.46. The van der Waals surface area contributed by atoms with E-state index in [9.17, 15) is 5.11 Å². The van der Waals surface area contributed by atoms with Gasteiger partial charge in [0, 0.05) is 44.3 Å². The fraction of sp³-hybridized carbons (Fsp3) is 0.400. The molecule has 4 rings (SSSR count). The highest BCUT2D eigenvalue weighted by atomic mass is 79.9. The van der Waals surface area contributed by atoms with E-state index in [2.05, 4.69) is 58.8 Å². The molecule has 27 heavy (non-hydrogen) atoms. The molecule has 0 aromatic carbocycles. The van der Waals surface area contributed by atoms with Crippen LogP contribution in [0.4, 0.5) is 11.4 Å². The molecule has 7 heteroatoms. The molecule has 2 N–H and O–H groups in total. The Morgan fingerprint density at radius 3 is 3.04 bits per heavy atom. The number of aliphatic hydroxyl groups excluding tert-OH is 1. The van der Waals surface area contributed by atoms with Gasteiger partial charge in [0.1, 0.15) is 4.60 Å². The zero-order chi connectivity index (χ0) is 18.6. The summed E-state index contributed by atoms with van der Waals surface area (Å²) in [6.07, 6.45) is 12.0. The van der Waals surface area contributed by atoms with Crippen LogP contribution in [0.15, 0.2) is 47.6 Å². The molecule has 0 spiro atoms. The summed E-state index contributed by atoms with van der Waals surface area (Å²) in [5.74, 6) is 0. The molecule has 6 nitrogen and oxygen atoms in total. The fourth-order valence-corrected chi connectivity index (χ4v) is 4.19. The molecule has 1 aliphatic heterocycles. The van der Waals surface area contributed by atoms with Gasteiger partial charge in [-0.05, 0) is 59.3 Å². The molecule has 0 saturated carbocycles. The van der Waals surface area contributed by atoms with Crippen molar-refractivity contribution in [3.63, 3.8) is 0 Å². The maximum Gasteiger partial charge on any atom is 0.161 e. The Bertz CT molecular complexity index is 896. The van der Waals surface area contributed by atoms with Crippen molar-refractivity contribution < 1.29 is 5.11 Å². The van der Waals surface area contributed by atoms with Crippen LogP contribution in [0.2, 0.25) is 0 Å². The Hall–Kier alpha value is -2.12. The number of imidazole rings is 1. The van der Waals surface area contributed by atoms with Crippen molar-refractivity contribution >= 4 is 33.0 Å². The van der Waals surface area contributed by atoms with Gasteiger partial charge in [-0.3, -0.25) is 9.38 Å². The molecule has 3 aromatic heterocycles. The molecule has 1 unspecified atom stereocenters. The molecule has 1 fully saturated rings. The third-order valence-corrected chi connectivity index (χ3v) is 5.76. The van der Waals surface area contributed by atoms with E-state index in [1.165, 1.54) is 12.8 Å². The second-order valence-electron chi connectivity index (χ2n) is 6.96. The van der Waals surface area contributed by atoms with E-state index in [4.69, 9.17) is 0 Å². The lowest BCUT2D eigenvalue weighted by Crippen LogP contribution is -2.40. The molecule has 4 heterocycles. The van der Waals surface area contributed by atoms with Gasteiger partial charge in [-0.2, -0.15) is 0 Å². The van der Waals surface area contributed by atoms with Crippen LogP contribution in [0.5, 0.6) is 0 Å². The van der Waals surface area contributed by atoms with Crippen molar-refractivity contribution in [2.75, 3.05) is 23.4 Å². The predicted molar refractivity (Wildman–Crippen MR) is 111 cm³/mol. The van der Waals surface area contributed by atoms with Crippen LogP contribution in [0.1, 0.15) is 31.2 Å². The number of hydrogen-bond acceptors (Lipinski definition) is 5. The number of fused-ring (bicyclic) bond motifs is 1. The third-order valence-electron chi connectivity index (χ3n) is 5.17. The Morgan fingerprint density at radius 1 is 1.30 bits per heavy atom. The highest BCUT2D eigenvalue weighted by molar-refractivity contribution is 9.10. The Labute approximate surface area is 167 Å². The Morgan fingerprint density at radius 2 is 2.22 bits per heavy atom. The molecule has 3 aromatic rings. The summed E-state index contributed by atoms with van der Waals surface area (Å²) in [6, 6.07) is 6.57. The lowest BCUT2D eigenvalue weighted by atomic mass is 9.99. The predicted octanol–water partition coefficient (Wildman–Crippen LogP) is 3.85. The quantitative estimate of drug-likeness (QED) is 0.622. The first-order chi connectivity index (χ1) is 13.3. The van der Waals surface area contributed by atoms with Crippen LogP contribution in [0, 0.1) is 0 Å². The average Bonchev–Trinajstić information content (AvgIpc) is 3.09. The van der Waals surface area contributed by atoms with Gasteiger partial charge < -0.3 is 15.3 Å². The van der Waals surface area contributed by atoms with Crippen LogP contribution >= 0.6 is 15.9 Å². The van der Waals surface area contributed by atoms with E-state index in [0.717, 1.165) is 46.6 Å². The fourth-order valence-electron chi connectivity index (χ4n) is 3.82. The molecule has 1 atom stereocenters. The monoisotopic (exact) mass is 429 g/mol. The summed E-state index contributed by atoms with van der Waals surface area (Å²) in [5, 5.41) is 13.0. The van der Waals surface area contributed by atoms with Crippen LogP contribution in [0.3, 0.4) is 0 Å². The first-order valence-corrected chi connectivity index (χ1v) is 10.2. The summed E-state index contributed by atoms with van der Waals surface area (Å²) >= 11 is 3.61. The van der Waals surface area contributed by atoms with Crippen LogP contribution in [-0.2, 0) is 6.54 Å². The van der Waals surface area contributed by atoms with Gasteiger partial charge in [-0.25, -0.2) is 4.98 Å². The number of nitrogens with one attached hydrogen (secondary N) is 1. The van der Waals surface area contributed by atoms with Gasteiger partial charge in [-0.15, -0.1) is 0 Å². The zero-order valence-corrected chi connectivity index (χ0v) is 16.8. The van der Waals surface area contributed by atoms with Crippen LogP contribution in [0.25, 0.3) is 5.65 Å². The Kier molecular flexibility index (Phi) is 5.59. The molecule has 0 amide bonds. The zero-order valence-electron chi connectivity index (χ0n) is 15.2. The van der Waals surface area contributed by atoms with Crippen molar-refractivity contribution in [1.82, 2.24) is 14.4 Å². The molecular formula is C20H24BrN5O. The third kappa shape index (κ3) is 3.94. The lowest BCUT2D eigenvalue weighted by molar-refractivity contribution is 0.262. The minimum absolute atomic E-state index is 0.226. The number of rotatable bonds is 6. The van der Waals surface area contributed by atoms with Crippen molar-refractivity contribution in [3.05, 3.63) is 53.2 Å². The first kappa shape index (κ1) is 18.3. The summed E-state index contributed by atoms with van der Waals surface area (Å²) < 4.78 is 3.01. The van der Waals surface area contributed by atoms with Gasteiger partial charge in [0.2, 0.25) is 0 Å². The molecular weight excluding hydrogens is 406 g/mol. The number of halogens is 1. The lowest BCUT2D eigenvalue weighted by Gasteiger charge is -2.37. The van der Waals surface area contributed by atoms with Gasteiger partial charge in [-0.1, -0.05) is 6.07 Å². The SMILES string of the molecule is OCCC1CCCCN1c1cc(NCc2cccnc2)c2ncc(Br)n2c1. The first-order valence-electron chi connectivity index (χ1n) is 9.43. The van der Waals surface area contributed by atoms with Crippen molar-refractivity contribution in [3.8, 4) is 0 Å². The Balaban J connectivity index is 1.68. The number of hydrogen-bond donors (Lipinski definition) is 2. The van der Waals surface area contributed by atoms with Gasteiger partial charge >= 0.3 is 0 Å². The molecule has 0 bridgehead atoms. The largest absolute Gasteiger partial charge is 0.396 e. The molecule has 1 aliphatic rings. The van der Waals surface area contributed by atoms with Gasteiger partial charge in [0.15, 0.2) is 5.65 Å². The van der Waals surface area contributed by atoms with E-state index in [1.807, 2.05) is 18.5 Å². The number of pyridine rings is 2. The van der Waals surface area contributed by atoms with Crippen LogP contribution < -0.4 is 10.2 Å². The number of anilines is 2. The number of aliphatic hydroxyl groups is 1. The topological polar surface area (TPSA) is 65.7 Å².